The van der Waals surface area contributed by atoms with Crippen molar-refractivity contribution in [3.63, 3.8) is 0 Å². The molecule has 0 aromatic carbocycles. The highest BCUT2D eigenvalue weighted by Gasteiger charge is 2.25. The Labute approximate surface area is 218 Å². The van der Waals surface area contributed by atoms with Gasteiger partial charge in [-0.05, 0) is 25.0 Å². The maximum atomic E-state index is 6.28. The lowest BCUT2D eigenvalue weighted by molar-refractivity contribution is 0.194. The Morgan fingerprint density at radius 1 is 0.722 bits per heavy atom. The maximum absolute atomic E-state index is 6.28. The summed E-state index contributed by atoms with van der Waals surface area (Å²) in [4.78, 5) is 17.5. The van der Waals surface area contributed by atoms with Crippen LogP contribution in [0.3, 0.4) is 0 Å². The van der Waals surface area contributed by atoms with Crippen molar-refractivity contribution >= 4 is 45.3 Å². The van der Waals surface area contributed by atoms with E-state index in [1.165, 1.54) is 0 Å². The molecule has 10 heteroatoms. The molecule has 6 rings (SSSR count). The van der Waals surface area contributed by atoms with E-state index in [4.69, 9.17) is 42.1 Å². The fourth-order valence-corrected chi connectivity index (χ4v) is 5.20. The van der Waals surface area contributed by atoms with E-state index < -0.39 is 0 Å². The first-order valence-corrected chi connectivity index (χ1v) is 12.5. The minimum Gasteiger partial charge on any atom is -0.481 e. The summed E-state index contributed by atoms with van der Waals surface area (Å²) in [6, 6.07) is 7.41. The van der Waals surface area contributed by atoms with Gasteiger partial charge in [0.05, 0.1) is 59.5 Å². The summed E-state index contributed by atoms with van der Waals surface area (Å²) >= 11 is 12.6. The zero-order valence-corrected chi connectivity index (χ0v) is 21.6. The predicted octanol–water partition coefficient (Wildman–Crippen LogP) is 5.59. The van der Waals surface area contributed by atoms with Crippen LogP contribution in [0.1, 0.15) is 35.8 Å². The van der Waals surface area contributed by atoms with Crippen LogP contribution >= 0.6 is 23.2 Å². The van der Waals surface area contributed by atoms with Crippen LogP contribution in [0.15, 0.2) is 36.7 Å². The van der Waals surface area contributed by atoms with Crippen LogP contribution in [-0.2, 0) is 9.47 Å². The second-order valence-electron chi connectivity index (χ2n) is 8.60. The standard InChI is InChI=1S/2C13H13ClN2O2/c2*1-17-11-3-2-10-13(16-11)12(9(14)6-15-10)8-4-5-18-7-8/h2*2-3,6,8H,4-5,7H2,1H3. The summed E-state index contributed by atoms with van der Waals surface area (Å²) in [6.07, 6.45) is 5.31. The van der Waals surface area contributed by atoms with Gasteiger partial charge in [-0.3, -0.25) is 9.97 Å². The number of pyridine rings is 4. The van der Waals surface area contributed by atoms with E-state index in [9.17, 15) is 0 Å². The van der Waals surface area contributed by atoms with E-state index in [1.807, 2.05) is 12.1 Å². The number of hydrogen-bond donors (Lipinski definition) is 0. The smallest absolute Gasteiger partial charge is 0.213 e. The van der Waals surface area contributed by atoms with Crippen molar-refractivity contribution in [3.8, 4) is 11.8 Å². The highest BCUT2D eigenvalue weighted by atomic mass is 35.5. The summed E-state index contributed by atoms with van der Waals surface area (Å²) in [5, 5.41) is 1.30. The number of methoxy groups -OCH3 is 2. The van der Waals surface area contributed by atoms with E-state index in [0.29, 0.717) is 46.9 Å². The third-order valence-corrected chi connectivity index (χ3v) is 7.05. The molecule has 2 saturated heterocycles. The fraction of sp³-hybridized carbons (Fsp3) is 0.385. The highest BCUT2D eigenvalue weighted by molar-refractivity contribution is 6.32. The summed E-state index contributed by atoms with van der Waals surface area (Å²) in [7, 11) is 3.20. The Kier molecular flexibility index (Phi) is 7.67. The van der Waals surface area contributed by atoms with Crippen molar-refractivity contribution in [1.29, 1.82) is 0 Å². The molecule has 36 heavy (non-hydrogen) atoms. The third kappa shape index (κ3) is 5.04. The van der Waals surface area contributed by atoms with Gasteiger partial charge < -0.3 is 18.9 Å². The first kappa shape index (κ1) is 24.9. The number of hydrogen-bond acceptors (Lipinski definition) is 8. The van der Waals surface area contributed by atoms with Gasteiger partial charge in [0.1, 0.15) is 0 Å². The topological polar surface area (TPSA) is 88.5 Å². The first-order chi connectivity index (χ1) is 17.6. The van der Waals surface area contributed by atoms with Crippen molar-refractivity contribution in [3.05, 3.63) is 57.8 Å². The quantitative estimate of drug-likeness (QED) is 0.338. The molecular weight excluding hydrogens is 503 g/mol. The molecule has 0 saturated carbocycles. The summed E-state index contributed by atoms with van der Waals surface area (Å²) in [5.41, 5.74) is 5.36. The largest absolute Gasteiger partial charge is 0.481 e. The van der Waals surface area contributed by atoms with Crippen LogP contribution in [0.2, 0.25) is 10.0 Å². The summed E-state index contributed by atoms with van der Waals surface area (Å²) in [6.45, 7) is 2.93. The Balaban J connectivity index is 0.000000148. The van der Waals surface area contributed by atoms with E-state index in [0.717, 1.165) is 59.2 Å². The van der Waals surface area contributed by atoms with Gasteiger partial charge in [-0.15, -0.1) is 0 Å². The van der Waals surface area contributed by atoms with Crippen LogP contribution in [-0.4, -0.2) is 60.6 Å². The van der Waals surface area contributed by atoms with Crippen molar-refractivity contribution < 1.29 is 18.9 Å². The van der Waals surface area contributed by atoms with Gasteiger partial charge in [-0.1, -0.05) is 23.2 Å². The molecule has 4 aromatic rings. The van der Waals surface area contributed by atoms with E-state index in [-0.39, 0.29) is 0 Å². The zero-order chi connectivity index (χ0) is 25.1. The molecule has 2 atom stereocenters. The van der Waals surface area contributed by atoms with Crippen LogP contribution in [0, 0.1) is 0 Å². The minimum atomic E-state index is 0.294. The number of aromatic nitrogens is 4. The lowest BCUT2D eigenvalue weighted by Crippen LogP contribution is -2.02. The monoisotopic (exact) mass is 528 g/mol. The van der Waals surface area contributed by atoms with Gasteiger partial charge in [-0.25, -0.2) is 9.97 Å². The second kappa shape index (κ2) is 11.1. The average Bonchev–Trinajstić information content (AvgIpc) is 3.63. The Morgan fingerprint density at radius 3 is 1.53 bits per heavy atom. The van der Waals surface area contributed by atoms with Crippen molar-refractivity contribution in [2.75, 3.05) is 40.6 Å². The number of fused-ring (bicyclic) bond motifs is 2. The van der Waals surface area contributed by atoms with Crippen molar-refractivity contribution in [2.24, 2.45) is 0 Å². The molecule has 0 amide bonds. The predicted molar refractivity (Wildman–Crippen MR) is 139 cm³/mol. The molecule has 0 radical (unpaired) electrons. The number of ether oxygens (including phenoxy) is 4. The molecule has 6 heterocycles. The average molecular weight is 529 g/mol. The lowest BCUT2D eigenvalue weighted by Gasteiger charge is -2.13. The number of rotatable bonds is 4. The number of nitrogens with zero attached hydrogens (tertiary/aromatic N) is 4. The van der Waals surface area contributed by atoms with E-state index in [2.05, 4.69) is 19.9 Å². The van der Waals surface area contributed by atoms with E-state index in [1.54, 1.807) is 38.7 Å². The molecule has 2 aliphatic rings. The normalized spacial score (nSPS) is 19.3. The molecule has 8 nitrogen and oxygen atoms in total. The van der Waals surface area contributed by atoms with Crippen LogP contribution in [0.5, 0.6) is 11.8 Å². The lowest BCUT2D eigenvalue weighted by atomic mass is 9.97. The summed E-state index contributed by atoms with van der Waals surface area (Å²) in [5.74, 6) is 1.74. The zero-order valence-electron chi connectivity index (χ0n) is 20.0. The third-order valence-electron chi connectivity index (χ3n) is 6.45. The molecule has 0 spiro atoms. The van der Waals surface area contributed by atoms with Gasteiger partial charge in [0.15, 0.2) is 0 Å². The highest BCUT2D eigenvalue weighted by Crippen LogP contribution is 2.36. The van der Waals surface area contributed by atoms with Gasteiger partial charge in [0.25, 0.3) is 0 Å². The van der Waals surface area contributed by atoms with Crippen LogP contribution in [0.25, 0.3) is 22.1 Å². The van der Waals surface area contributed by atoms with Crippen molar-refractivity contribution in [2.45, 2.75) is 24.7 Å². The molecule has 0 bridgehead atoms. The SMILES string of the molecule is COc1ccc2ncc(Cl)c(C3CCOC3)c2n1.COc1ccc2ncc(Cl)c(C3CCOC3)c2n1. The van der Waals surface area contributed by atoms with Gasteiger partial charge in [0.2, 0.25) is 11.8 Å². The number of halogens is 2. The molecule has 4 aromatic heterocycles. The molecule has 2 fully saturated rings. The van der Waals surface area contributed by atoms with E-state index >= 15 is 0 Å². The minimum absolute atomic E-state index is 0.294. The van der Waals surface area contributed by atoms with Crippen LogP contribution < -0.4 is 9.47 Å². The fourth-order valence-electron chi connectivity index (χ4n) is 4.62. The summed E-state index contributed by atoms with van der Waals surface area (Å²) < 4.78 is 21.2. The molecule has 2 aliphatic heterocycles. The van der Waals surface area contributed by atoms with Gasteiger partial charge in [-0.2, -0.15) is 0 Å². The Bertz CT molecular complexity index is 1270. The first-order valence-electron chi connectivity index (χ1n) is 11.7. The molecule has 0 aliphatic carbocycles. The molecule has 0 N–H and O–H groups in total. The molecule has 188 valence electrons. The second-order valence-corrected chi connectivity index (χ2v) is 9.42. The molecule has 2 unspecified atom stereocenters. The maximum Gasteiger partial charge on any atom is 0.213 e. The molecular formula is C26H26Cl2N4O4. The van der Waals surface area contributed by atoms with Gasteiger partial charge in [0, 0.05) is 60.7 Å². The Morgan fingerprint density at radius 2 is 1.17 bits per heavy atom. The Hall–Kier alpha value is -2.78. The van der Waals surface area contributed by atoms with Crippen LogP contribution in [0.4, 0.5) is 0 Å². The van der Waals surface area contributed by atoms with Crippen molar-refractivity contribution in [1.82, 2.24) is 19.9 Å². The van der Waals surface area contributed by atoms with Gasteiger partial charge >= 0.3 is 0 Å².